The lowest BCUT2D eigenvalue weighted by molar-refractivity contribution is 0.281. The van der Waals surface area contributed by atoms with Crippen molar-refractivity contribution < 1.29 is 9.47 Å². The van der Waals surface area contributed by atoms with Crippen molar-refractivity contribution in [1.29, 1.82) is 0 Å². The molecule has 0 saturated heterocycles. The average molecular weight is 279 g/mol. The van der Waals surface area contributed by atoms with Gasteiger partial charge in [-0.15, -0.1) is 0 Å². The summed E-state index contributed by atoms with van der Waals surface area (Å²) in [6, 6.07) is 11.1. The van der Waals surface area contributed by atoms with Gasteiger partial charge < -0.3 is 14.8 Å². The lowest BCUT2D eigenvalue weighted by Gasteiger charge is -2.11. The Bertz CT molecular complexity index is 561. The van der Waals surface area contributed by atoms with Crippen LogP contribution in [0, 0.1) is 0 Å². The van der Waals surface area contributed by atoms with E-state index in [2.05, 4.69) is 10.3 Å². The number of benzene rings is 1. The van der Waals surface area contributed by atoms with Crippen LogP contribution in [0.1, 0.15) is 5.69 Å². The van der Waals surface area contributed by atoms with Crippen LogP contribution in [-0.2, 0) is 6.61 Å². The van der Waals surface area contributed by atoms with Crippen molar-refractivity contribution in [2.75, 3.05) is 19.5 Å². The summed E-state index contributed by atoms with van der Waals surface area (Å²) in [5.74, 6) is 2.10. The summed E-state index contributed by atoms with van der Waals surface area (Å²) in [4.78, 5) is 4.35. The van der Waals surface area contributed by atoms with E-state index in [4.69, 9.17) is 21.1 Å². The van der Waals surface area contributed by atoms with E-state index in [0.29, 0.717) is 22.2 Å². The van der Waals surface area contributed by atoms with Gasteiger partial charge in [0.2, 0.25) is 0 Å². The molecule has 0 fully saturated rings. The molecule has 1 N–H and O–H groups in total. The smallest absolute Gasteiger partial charge is 0.161 e. The van der Waals surface area contributed by atoms with Gasteiger partial charge >= 0.3 is 0 Å². The summed E-state index contributed by atoms with van der Waals surface area (Å²) >= 11 is 6.09. The SMILES string of the molecule is CNc1ccc(Cl)c(COc2ccccc2OC)n1. The molecule has 2 aromatic rings. The van der Waals surface area contributed by atoms with Gasteiger partial charge in [0.05, 0.1) is 17.8 Å². The number of nitrogens with zero attached hydrogens (tertiary/aromatic N) is 1. The number of para-hydroxylation sites is 2. The highest BCUT2D eigenvalue weighted by Crippen LogP contribution is 2.27. The normalized spacial score (nSPS) is 10.1. The molecular weight excluding hydrogens is 264 g/mol. The van der Waals surface area contributed by atoms with E-state index in [-0.39, 0.29) is 6.61 Å². The first-order valence-electron chi connectivity index (χ1n) is 5.83. The number of hydrogen-bond acceptors (Lipinski definition) is 4. The van der Waals surface area contributed by atoms with E-state index in [9.17, 15) is 0 Å². The van der Waals surface area contributed by atoms with Crippen molar-refractivity contribution in [3.05, 3.63) is 47.1 Å². The van der Waals surface area contributed by atoms with E-state index in [1.165, 1.54) is 0 Å². The number of anilines is 1. The Morgan fingerprint density at radius 2 is 1.89 bits per heavy atom. The lowest BCUT2D eigenvalue weighted by Crippen LogP contribution is -2.02. The van der Waals surface area contributed by atoms with Gasteiger partial charge in [0, 0.05) is 7.05 Å². The van der Waals surface area contributed by atoms with Crippen LogP contribution in [0.3, 0.4) is 0 Å². The molecule has 19 heavy (non-hydrogen) atoms. The predicted octanol–water partition coefficient (Wildman–Crippen LogP) is 3.36. The summed E-state index contributed by atoms with van der Waals surface area (Å²) in [7, 11) is 3.41. The molecule has 0 atom stereocenters. The molecule has 0 unspecified atom stereocenters. The van der Waals surface area contributed by atoms with Gasteiger partial charge in [0.1, 0.15) is 12.4 Å². The summed E-state index contributed by atoms with van der Waals surface area (Å²) in [6.07, 6.45) is 0. The summed E-state index contributed by atoms with van der Waals surface area (Å²) in [5, 5.41) is 3.54. The molecule has 0 radical (unpaired) electrons. The number of aromatic nitrogens is 1. The maximum Gasteiger partial charge on any atom is 0.161 e. The Morgan fingerprint density at radius 1 is 1.16 bits per heavy atom. The zero-order chi connectivity index (χ0) is 13.7. The number of methoxy groups -OCH3 is 1. The first-order valence-corrected chi connectivity index (χ1v) is 6.21. The highest BCUT2D eigenvalue weighted by atomic mass is 35.5. The highest BCUT2D eigenvalue weighted by molar-refractivity contribution is 6.31. The van der Waals surface area contributed by atoms with Crippen LogP contribution in [0.25, 0.3) is 0 Å². The van der Waals surface area contributed by atoms with E-state index in [1.807, 2.05) is 30.3 Å². The second-order valence-corrected chi connectivity index (χ2v) is 4.22. The fourth-order valence-electron chi connectivity index (χ4n) is 1.61. The fourth-order valence-corrected chi connectivity index (χ4v) is 1.77. The van der Waals surface area contributed by atoms with Gasteiger partial charge in [-0.25, -0.2) is 4.98 Å². The molecule has 1 aromatic carbocycles. The number of nitrogens with one attached hydrogen (secondary N) is 1. The molecule has 0 aliphatic heterocycles. The van der Waals surface area contributed by atoms with E-state index < -0.39 is 0 Å². The standard InChI is InChI=1S/C14H15ClN2O2/c1-16-14-8-7-10(15)11(17-14)9-19-13-6-4-3-5-12(13)18-2/h3-8H,9H2,1-2H3,(H,16,17). The van der Waals surface area contributed by atoms with Crippen LogP contribution < -0.4 is 14.8 Å². The number of pyridine rings is 1. The second-order valence-electron chi connectivity index (χ2n) is 3.81. The van der Waals surface area contributed by atoms with Crippen molar-refractivity contribution in [2.24, 2.45) is 0 Å². The van der Waals surface area contributed by atoms with Crippen LogP contribution in [0.4, 0.5) is 5.82 Å². The number of ether oxygens (including phenoxy) is 2. The van der Waals surface area contributed by atoms with Gasteiger partial charge in [0.25, 0.3) is 0 Å². The molecule has 100 valence electrons. The first kappa shape index (κ1) is 13.5. The third-order valence-electron chi connectivity index (χ3n) is 2.61. The summed E-state index contributed by atoms with van der Waals surface area (Å²) < 4.78 is 10.9. The molecule has 2 rings (SSSR count). The molecule has 0 aliphatic rings. The van der Waals surface area contributed by atoms with E-state index >= 15 is 0 Å². The molecule has 0 spiro atoms. The van der Waals surface area contributed by atoms with Gasteiger partial charge in [-0.3, -0.25) is 0 Å². The van der Waals surface area contributed by atoms with Crippen molar-refractivity contribution in [3.8, 4) is 11.5 Å². The maximum atomic E-state index is 6.09. The van der Waals surface area contributed by atoms with Gasteiger partial charge in [0.15, 0.2) is 11.5 Å². The number of halogens is 1. The number of hydrogen-bond donors (Lipinski definition) is 1. The second kappa shape index (κ2) is 6.29. The van der Waals surface area contributed by atoms with Crippen molar-refractivity contribution >= 4 is 17.4 Å². The molecule has 4 nitrogen and oxygen atoms in total. The zero-order valence-electron chi connectivity index (χ0n) is 10.8. The average Bonchev–Trinajstić information content (AvgIpc) is 2.46. The van der Waals surface area contributed by atoms with E-state index in [1.54, 1.807) is 20.2 Å². The monoisotopic (exact) mass is 278 g/mol. The Morgan fingerprint density at radius 3 is 2.58 bits per heavy atom. The number of rotatable bonds is 5. The van der Waals surface area contributed by atoms with Crippen LogP contribution in [0.5, 0.6) is 11.5 Å². The van der Waals surface area contributed by atoms with Crippen LogP contribution in [0.15, 0.2) is 36.4 Å². The van der Waals surface area contributed by atoms with Crippen molar-refractivity contribution in [2.45, 2.75) is 6.61 Å². The minimum Gasteiger partial charge on any atom is -0.493 e. The van der Waals surface area contributed by atoms with Crippen molar-refractivity contribution in [3.63, 3.8) is 0 Å². The first-order chi connectivity index (χ1) is 9.24. The maximum absolute atomic E-state index is 6.09. The molecule has 5 heteroatoms. The minimum atomic E-state index is 0.286. The zero-order valence-corrected chi connectivity index (χ0v) is 11.6. The minimum absolute atomic E-state index is 0.286. The van der Waals surface area contributed by atoms with Crippen LogP contribution in [0.2, 0.25) is 5.02 Å². The predicted molar refractivity (Wildman–Crippen MR) is 76.1 cm³/mol. The Labute approximate surface area is 117 Å². The Balaban J connectivity index is 2.14. The fraction of sp³-hybridized carbons (Fsp3) is 0.214. The molecule has 1 aromatic heterocycles. The quantitative estimate of drug-likeness (QED) is 0.911. The molecular formula is C14H15ClN2O2. The van der Waals surface area contributed by atoms with E-state index in [0.717, 1.165) is 5.82 Å². The molecule has 1 heterocycles. The molecule has 0 aliphatic carbocycles. The lowest BCUT2D eigenvalue weighted by atomic mass is 10.3. The van der Waals surface area contributed by atoms with Gasteiger partial charge in [-0.05, 0) is 24.3 Å². The summed E-state index contributed by atoms with van der Waals surface area (Å²) in [5.41, 5.74) is 0.680. The molecule has 0 amide bonds. The largest absolute Gasteiger partial charge is 0.493 e. The van der Waals surface area contributed by atoms with Crippen LogP contribution in [-0.4, -0.2) is 19.1 Å². The van der Waals surface area contributed by atoms with Gasteiger partial charge in [-0.1, -0.05) is 23.7 Å². The third kappa shape index (κ3) is 3.29. The van der Waals surface area contributed by atoms with Gasteiger partial charge in [-0.2, -0.15) is 0 Å². The van der Waals surface area contributed by atoms with Crippen molar-refractivity contribution in [1.82, 2.24) is 4.98 Å². The molecule has 0 bridgehead atoms. The molecule has 0 saturated carbocycles. The highest BCUT2D eigenvalue weighted by Gasteiger charge is 2.07. The topological polar surface area (TPSA) is 43.4 Å². The summed E-state index contributed by atoms with van der Waals surface area (Å²) in [6.45, 7) is 0.286. The Hall–Kier alpha value is -1.94. The third-order valence-corrected chi connectivity index (χ3v) is 2.95. The van der Waals surface area contributed by atoms with Crippen LogP contribution >= 0.6 is 11.6 Å². The Kier molecular flexibility index (Phi) is 4.47.